The lowest BCUT2D eigenvalue weighted by molar-refractivity contribution is -0.117. The average molecular weight is 317 g/mol. The van der Waals surface area contributed by atoms with E-state index in [1.54, 1.807) is 0 Å². The smallest absolute Gasteiger partial charge is 0.243 e. The molecule has 1 unspecified atom stereocenters. The maximum atomic E-state index is 11.8. The van der Waals surface area contributed by atoms with Gasteiger partial charge in [0.05, 0.1) is 13.2 Å². The first-order valence-electron chi connectivity index (χ1n) is 7.74. The Morgan fingerprint density at radius 1 is 1.39 bits per heavy atom. The number of carbonyl (C=O) groups excluding carboxylic acids is 2. The van der Waals surface area contributed by atoms with Gasteiger partial charge >= 0.3 is 0 Å². The number of nitrogens with zero attached hydrogens (tertiary/aromatic N) is 1. The molecule has 1 fully saturated rings. The molecule has 1 aliphatic heterocycles. The fourth-order valence-electron chi connectivity index (χ4n) is 2.44. The zero-order valence-electron chi connectivity index (χ0n) is 13.4. The Labute approximate surface area is 136 Å². The Bertz CT molecular complexity index is 557. The van der Waals surface area contributed by atoms with Crippen LogP contribution in [0, 0.1) is 0 Å². The molecule has 0 radical (unpaired) electrons. The molecule has 1 heterocycles. The van der Waals surface area contributed by atoms with Gasteiger partial charge in [-0.3, -0.25) is 9.59 Å². The van der Waals surface area contributed by atoms with Crippen molar-refractivity contribution in [3.63, 3.8) is 0 Å². The van der Waals surface area contributed by atoms with Crippen LogP contribution in [0.15, 0.2) is 36.9 Å². The first kappa shape index (κ1) is 17.0. The van der Waals surface area contributed by atoms with E-state index in [1.165, 1.54) is 6.08 Å². The minimum Gasteiger partial charge on any atom is -0.377 e. The molecule has 2 N–H and O–H groups in total. The first-order chi connectivity index (χ1) is 11.1. The van der Waals surface area contributed by atoms with Crippen molar-refractivity contribution in [3.05, 3.63) is 36.9 Å². The summed E-state index contributed by atoms with van der Waals surface area (Å²) in [5.74, 6) is -0.413. The molecule has 1 aliphatic rings. The number of amides is 2. The maximum Gasteiger partial charge on any atom is 0.243 e. The second-order valence-electron chi connectivity index (χ2n) is 5.46. The minimum atomic E-state index is -0.276. The van der Waals surface area contributed by atoms with Gasteiger partial charge in [-0.15, -0.1) is 0 Å². The number of rotatable bonds is 6. The summed E-state index contributed by atoms with van der Waals surface area (Å²) in [5, 5.41) is 5.39. The van der Waals surface area contributed by atoms with Crippen LogP contribution in [0.25, 0.3) is 0 Å². The standard InChI is InChI=1S/C17H23N3O3/c1-3-16(21)18-9-8-17(22)19-14-4-6-15(7-5-14)20-10-11-23-12-13(20)2/h3-7,13H,1,8-12H2,2H3,(H,18,21)(H,19,22). The van der Waals surface area contributed by atoms with Crippen molar-refractivity contribution in [2.45, 2.75) is 19.4 Å². The number of hydrogen-bond acceptors (Lipinski definition) is 4. The fourth-order valence-corrected chi connectivity index (χ4v) is 2.44. The quantitative estimate of drug-likeness (QED) is 0.781. The topological polar surface area (TPSA) is 70.7 Å². The number of hydrogen-bond donors (Lipinski definition) is 2. The molecule has 2 rings (SSSR count). The average Bonchev–Trinajstić information content (AvgIpc) is 2.56. The number of nitrogens with one attached hydrogen (secondary N) is 2. The van der Waals surface area contributed by atoms with Gasteiger partial charge in [0.25, 0.3) is 0 Å². The molecule has 0 aliphatic carbocycles. The van der Waals surface area contributed by atoms with Crippen LogP contribution in [0.1, 0.15) is 13.3 Å². The molecule has 6 nitrogen and oxygen atoms in total. The Balaban J connectivity index is 1.83. The Morgan fingerprint density at radius 3 is 2.78 bits per heavy atom. The maximum absolute atomic E-state index is 11.8. The van der Waals surface area contributed by atoms with Crippen molar-refractivity contribution in [1.82, 2.24) is 5.32 Å². The summed E-state index contributed by atoms with van der Waals surface area (Å²) in [7, 11) is 0. The number of ether oxygens (including phenoxy) is 1. The van der Waals surface area contributed by atoms with E-state index in [4.69, 9.17) is 4.74 Å². The fraction of sp³-hybridized carbons (Fsp3) is 0.412. The summed E-state index contributed by atoms with van der Waals surface area (Å²) in [5.41, 5.74) is 1.87. The van der Waals surface area contributed by atoms with Gasteiger partial charge in [-0.05, 0) is 37.3 Å². The molecule has 2 amide bonds. The van der Waals surface area contributed by atoms with E-state index >= 15 is 0 Å². The molecule has 0 saturated carbocycles. The van der Waals surface area contributed by atoms with Gasteiger partial charge in [0.15, 0.2) is 0 Å². The van der Waals surface area contributed by atoms with E-state index in [9.17, 15) is 9.59 Å². The van der Waals surface area contributed by atoms with Gasteiger partial charge in [0.1, 0.15) is 0 Å². The lowest BCUT2D eigenvalue weighted by Gasteiger charge is -2.35. The van der Waals surface area contributed by atoms with Crippen molar-refractivity contribution in [2.24, 2.45) is 0 Å². The van der Waals surface area contributed by atoms with Crippen LogP contribution in [0.2, 0.25) is 0 Å². The van der Waals surface area contributed by atoms with E-state index in [0.717, 1.165) is 31.1 Å². The molecule has 0 spiro atoms. The normalized spacial score (nSPS) is 17.4. The van der Waals surface area contributed by atoms with Crippen LogP contribution in [-0.4, -0.2) is 44.2 Å². The largest absolute Gasteiger partial charge is 0.377 e. The monoisotopic (exact) mass is 317 g/mol. The molecule has 1 saturated heterocycles. The van der Waals surface area contributed by atoms with Gasteiger partial charge in [0, 0.05) is 36.9 Å². The van der Waals surface area contributed by atoms with Gasteiger partial charge < -0.3 is 20.3 Å². The number of morpholine rings is 1. The summed E-state index contributed by atoms with van der Waals surface area (Å²) in [6.45, 7) is 8.11. The van der Waals surface area contributed by atoms with E-state index < -0.39 is 0 Å². The van der Waals surface area contributed by atoms with Crippen LogP contribution < -0.4 is 15.5 Å². The van der Waals surface area contributed by atoms with Crippen molar-refractivity contribution >= 4 is 23.2 Å². The molecular weight excluding hydrogens is 294 g/mol. The molecule has 0 aromatic heterocycles. The van der Waals surface area contributed by atoms with Crippen LogP contribution in [-0.2, 0) is 14.3 Å². The lowest BCUT2D eigenvalue weighted by atomic mass is 10.2. The predicted octanol–water partition coefficient (Wildman–Crippen LogP) is 1.54. The number of benzene rings is 1. The van der Waals surface area contributed by atoms with Crippen LogP contribution in [0.3, 0.4) is 0 Å². The number of carbonyl (C=O) groups is 2. The SMILES string of the molecule is C=CC(=O)NCCC(=O)Nc1ccc(N2CCOCC2C)cc1. The summed E-state index contributed by atoms with van der Waals surface area (Å²) >= 11 is 0. The predicted molar refractivity (Wildman–Crippen MR) is 90.5 cm³/mol. The highest BCUT2D eigenvalue weighted by Crippen LogP contribution is 2.21. The van der Waals surface area contributed by atoms with Gasteiger partial charge in [-0.25, -0.2) is 0 Å². The third kappa shape index (κ3) is 5.10. The van der Waals surface area contributed by atoms with E-state index in [1.807, 2.05) is 24.3 Å². The lowest BCUT2D eigenvalue weighted by Crippen LogP contribution is -2.43. The highest BCUT2D eigenvalue weighted by Gasteiger charge is 2.18. The molecule has 1 atom stereocenters. The zero-order chi connectivity index (χ0) is 16.7. The van der Waals surface area contributed by atoms with Crippen molar-refractivity contribution in [2.75, 3.05) is 36.5 Å². The van der Waals surface area contributed by atoms with Crippen LogP contribution in [0.5, 0.6) is 0 Å². The second-order valence-corrected chi connectivity index (χ2v) is 5.46. The summed E-state index contributed by atoms with van der Waals surface area (Å²) < 4.78 is 5.44. The zero-order valence-corrected chi connectivity index (χ0v) is 13.4. The third-order valence-electron chi connectivity index (χ3n) is 3.69. The Morgan fingerprint density at radius 2 is 2.13 bits per heavy atom. The third-order valence-corrected chi connectivity index (χ3v) is 3.69. The minimum absolute atomic E-state index is 0.137. The molecule has 23 heavy (non-hydrogen) atoms. The van der Waals surface area contributed by atoms with Crippen molar-refractivity contribution in [3.8, 4) is 0 Å². The van der Waals surface area contributed by atoms with Gasteiger partial charge in [-0.2, -0.15) is 0 Å². The van der Waals surface area contributed by atoms with Crippen LogP contribution in [0.4, 0.5) is 11.4 Å². The number of anilines is 2. The molecule has 124 valence electrons. The van der Waals surface area contributed by atoms with Crippen molar-refractivity contribution < 1.29 is 14.3 Å². The summed E-state index contributed by atoms with van der Waals surface area (Å²) in [4.78, 5) is 25.1. The van der Waals surface area contributed by atoms with Gasteiger partial charge in [0.2, 0.25) is 11.8 Å². The van der Waals surface area contributed by atoms with Crippen LogP contribution >= 0.6 is 0 Å². The highest BCUT2D eigenvalue weighted by molar-refractivity contribution is 5.92. The van der Waals surface area contributed by atoms with Gasteiger partial charge in [-0.1, -0.05) is 6.58 Å². The van der Waals surface area contributed by atoms with E-state index in [-0.39, 0.29) is 18.2 Å². The highest BCUT2D eigenvalue weighted by atomic mass is 16.5. The Hall–Kier alpha value is -2.34. The van der Waals surface area contributed by atoms with E-state index in [0.29, 0.717) is 12.6 Å². The molecular formula is C17H23N3O3. The summed E-state index contributed by atoms with van der Waals surface area (Å²) in [6, 6.07) is 8.11. The molecule has 0 bridgehead atoms. The molecule has 1 aromatic carbocycles. The van der Waals surface area contributed by atoms with Crippen molar-refractivity contribution in [1.29, 1.82) is 0 Å². The second kappa shape index (κ2) is 8.33. The Kier molecular flexibility index (Phi) is 6.17. The van der Waals surface area contributed by atoms with E-state index in [2.05, 4.69) is 29.0 Å². The first-order valence-corrected chi connectivity index (χ1v) is 7.74. The summed E-state index contributed by atoms with van der Waals surface area (Å²) in [6.07, 6.45) is 1.41. The molecule has 1 aromatic rings. The molecule has 6 heteroatoms.